The lowest BCUT2D eigenvalue weighted by atomic mass is 10.3. The number of ether oxygens (including phenoxy) is 1. The molecule has 128 valence electrons. The molecule has 0 spiro atoms. The summed E-state index contributed by atoms with van der Waals surface area (Å²) in [6, 6.07) is 7.10. The molecular formula is C16H15ClN6O2. The van der Waals surface area contributed by atoms with E-state index in [0.717, 1.165) is 0 Å². The quantitative estimate of drug-likeness (QED) is 0.618. The number of amides is 1. The van der Waals surface area contributed by atoms with Gasteiger partial charge in [-0.2, -0.15) is 9.61 Å². The maximum absolute atomic E-state index is 12.4. The third kappa shape index (κ3) is 2.80. The standard InChI is InChI=1S/C16H15ClN6O2/c1-18-14-7-13-21-12-6-9(2-3-11(12)17)25-5-4-19-16(24)10-8-20-23(14)15(10)22-13/h2-3,6-8,18H,4-5H2,1H3,(H,19,24)(H,21,22). The number of nitrogens with one attached hydrogen (secondary N) is 3. The van der Waals surface area contributed by atoms with Crippen molar-refractivity contribution >= 4 is 40.5 Å². The number of aromatic nitrogens is 3. The molecule has 8 nitrogen and oxygen atoms in total. The third-order valence-electron chi connectivity index (χ3n) is 3.83. The molecule has 0 radical (unpaired) electrons. The molecule has 1 aliphatic heterocycles. The molecule has 0 atom stereocenters. The van der Waals surface area contributed by atoms with Gasteiger partial charge in [-0.1, -0.05) is 11.6 Å². The predicted molar refractivity (Wildman–Crippen MR) is 95.1 cm³/mol. The summed E-state index contributed by atoms with van der Waals surface area (Å²) in [6.45, 7) is 0.699. The van der Waals surface area contributed by atoms with Crippen molar-refractivity contribution < 1.29 is 9.53 Å². The van der Waals surface area contributed by atoms with E-state index in [4.69, 9.17) is 16.3 Å². The second kappa shape index (κ2) is 6.14. The number of hydrogen-bond acceptors (Lipinski definition) is 6. The third-order valence-corrected chi connectivity index (χ3v) is 4.16. The molecule has 1 amide bonds. The van der Waals surface area contributed by atoms with Crippen LogP contribution in [0.3, 0.4) is 0 Å². The highest BCUT2D eigenvalue weighted by atomic mass is 35.5. The number of nitrogens with zero attached hydrogens (tertiary/aromatic N) is 3. The summed E-state index contributed by atoms with van der Waals surface area (Å²) in [5.74, 6) is 1.61. The zero-order valence-corrected chi connectivity index (χ0v) is 14.1. The van der Waals surface area contributed by atoms with Gasteiger partial charge in [0.1, 0.15) is 29.6 Å². The first-order chi connectivity index (χ1) is 12.2. The van der Waals surface area contributed by atoms with Crippen LogP contribution in [0.1, 0.15) is 10.4 Å². The van der Waals surface area contributed by atoms with Gasteiger partial charge in [0.15, 0.2) is 5.65 Å². The molecule has 1 aliphatic rings. The second-order valence-electron chi connectivity index (χ2n) is 5.44. The molecule has 4 rings (SSSR count). The minimum Gasteiger partial charge on any atom is -0.492 e. The maximum atomic E-state index is 12.4. The van der Waals surface area contributed by atoms with Gasteiger partial charge in [0.2, 0.25) is 0 Å². The Hall–Kier alpha value is -3.00. The molecule has 2 aromatic heterocycles. The average Bonchev–Trinajstić information content (AvgIpc) is 3.04. The molecule has 3 aromatic rings. The Morgan fingerprint density at radius 3 is 3.08 bits per heavy atom. The van der Waals surface area contributed by atoms with Crippen LogP contribution in [0, 0.1) is 0 Å². The molecule has 0 saturated heterocycles. The van der Waals surface area contributed by atoms with Gasteiger partial charge >= 0.3 is 0 Å². The summed E-state index contributed by atoms with van der Waals surface area (Å²) in [6.07, 6.45) is 1.50. The number of carbonyl (C=O) groups excluding carboxylic acids is 1. The van der Waals surface area contributed by atoms with Crippen LogP contribution < -0.4 is 20.7 Å². The van der Waals surface area contributed by atoms with E-state index in [1.54, 1.807) is 35.8 Å². The normalized spacial score (nSPS) is 13.9. The highest BCUT2D eigenvalue weighted by molar-refractivity contribution is 6.33. The molecule has 3 heterocycles. The topological polar surface area (TPSA) is 92.6 Å². The zero-order chi connectivity index (χ0) is 17.4. The number of anilines is 3. The van der Waals surface area contributed by atoms with Crippen molar-refractivity contribution in [3.05, 3.63) is 41.0 Å². The van der Waals surface area contributed by atoms with E-state index >= 15 is 0 Å². The van der Waals surface area contributed by atoms with Gasteiger partial charge in [-0.15, -0.1) is 0 Å². The number of fused-ring (bicyclic) bond motifs is 3. The number of rotatable bonds is 1. The smallest absolute Gasteiger partial charge is 0.256 e. The van der Waals surface area contributed by atoms with Gasteiger partial charge < -0.3 is 20.7 Å². The predicted octanol–water partition coefficient (Wildman–Crippen LogP) is 2.29. The van der Waals surface area contributed by atoms with Gasteiger partial charge in [-0.3, -0.25) is 4.79 Å². The average molecular weight is 359 g/mol. The van der Waals surface area contributed by atoms with Crippen molar-refractivity contribution in [3.8, 4) is 5.75 Å². The van der Waals surface area contributed by atoms with Crippen molar-refractivity contribution in [2.45, 2.75) is 0 Å². The molecular weight excluding hydrogens is 344 g/mol. The van der Waals surface area contributed by atoms with Crippen LogP contribution in [-0.2, 0) is 0 Å². The van der Waals surface area contributed by atoms with Gasteiger partial charge in [-0.05, 0) is 12.1 Å². The highest BCUT2D eigenvalue weighted by Crippen LogP contribution is 2.30. The second-order valence-corrected chi connectivity index (χ2v) is 5.85. The first kappa shape index (κ1) is 15.5. The Labute approximate surface area is 148 Å². The van der Waals surface area contributed by atoms with Crippen molar-refractivity contribution in [2.75, 3.05) is 30.8 Å². The van der Waals surface area contributed by atoms with Gasteiger partial charge in [0, 0.05) is 19.2 Å². The van der Waals surface area contributed by atoms with E-state index in [0.29, 0.717) is 52.5 Å². The van der Waals surface area contributed by atoms with Crippen LogP contribution in [0.4, 0.5) is 17.3 Å². The molecule has 9 heteroatoms. The van der Waals surface area contributed by atoms with Crippen molar-refractivity contribution in [2.24, 2.45) is 0 Å². The number of benzene rings is 1. The number of hydrogen-bond donors (Lipinski definition) is 3. The fraction of sp³-hybridized carbons (Fsp3) is 0.188. The summed E-state index contributed by atoms with van der Waals surface area (Å²) in [7, 11) is 1.77. The Balaban J connectivity index is 1.90. The van der Waals surface area contributed by atoms with E-state index in [1.807, 2.05) is 0 Å². The summed E-state index contributed by atoms with van der Waals surface area (Å²) in [4.78, 5) is 16.9. The van der Waals surface area contributed by atoms with Crippen molar-refractivity contribution in [1.29, 1.82) is 0 Å². The van der Waals surface area contributed by atoms with Crippen LogP contribution in [0.15, 0.2) is 30.5 Å². The first-order valence-electron chi connectivity index (χ1n) is 7.70. The summed E-state index contributed by atoms with van der Waals surface area (Å²) >= 11 is 6.27. The molecule has 0 unspecified atom stereocenters. The van der Waals surface area contributed by atoms with E-state index in [9.17, 15) is 4.79 Å². The van der Waals surface area contributed by atoms with Gasteiger partial charge in [0.25, 0.3) is 5.91 Å². The maximum Gasteiger partial charge on any atom is 0.256 e. The molecule has 3 N–H and O–H groups in total. The minimum absolute atomic E-state index is 0.255. The monoisotopic (exact) mass is 358 g/mol. The van der Waals surface area contributed by atoms with E-state index in [2.05, 4.69) is 26.0 Å². The Bertz CT molecular complexity index is 971. The van der Waals surface area contributed by atoms with E-state index in [1.165, 1.54) is 6.20 Å². The van der Waals surface area contributed by atoms with E-state index in [-0.39, 0.29) is 5.91 Å². The lowest BCUT2D eigenvalue weighted by Crippen LogP contribution is -2.28. The molecule has 0 fully saturated rings. The summed E-state index contributed by atoms with van der Waals surface area (Å²) in [5.41, 5.74) is 1.49. The molecule has 0 saturated carbocycles. The summed E-state index contributed by atoms with van der Waals surface area (Å²) in [5, 5.41) is 13.8. The number of halogens is 1. The van der Waals surface area contributed by atoms with Crippen LogP contribution in [0.2, 0.25) is 5.02 Å². The molecule has 0 aliphatic carbocycles. The molecule has 1 aromatic carbocycles. The SMILES string of the molecule is CNc1cc2nc3c(cnn13)C(=O)NCCOc1ccc(Cl)c(c1)N2. The Morgan fingerprint density at radius 1 is 1.36 bits per heavy atom. The van der Waals surface area contributed by atoms with Crippen molar-refractivity contribution in [3.63, 3.8) is 0 Å². The van der Waals surface area contributed by atoms with Gasteiger partial charge in [-0.25, -0.2) is 4.98 Å². The fourth-order valence-electron chi connectivity index (χ4n) is 2.62. The largest absolute Gasteiger partial charge is 0.492 e. The first-order valence-corrected chi connectivity index (χ1v) is 8.07. The lowest BCUT2D eigenvalue weighted by Gasteiger charge is -2.12. The van der Waals surface area contributed by atoms with Crippen LogP contribution in [-0.4, -0.2) is 40.7 Å². The molecule has 4 bridgehead atoms. The van der Waals surface area contributed by atoms with E-state index < -0.39 is 0 Å². The highest BCUT2D eigenvalue weighted by Gasteiger charge is 2.18. The van der Waals surface area contributed by atoms with Crippen LogP contribution in [0.5, 0.6) is 5.75 Å². The summed E-state index contributed by atoms with van der Waals surface area (Å²) < 4.78 is 7.23. The van der Waals surface area contributed by atoms with Crippen molar-refractivity contribution in [1.82, 2.24) is 19.9 Å². The van der Waals surface area contributed by atoms with Crippen LogP contribution in [0.25, 0.3) is 5.65 Å². The van der Waals surface area contributed by atoms with Crippen LogP contribution >= 0.6 is 11.6 Å². The number of carbonyl (C=O) groups is 1. The molecule has 25 heavy (non-hydrogen) atoms. The zero-order valence-electron chi connectivity index (χ0n) is 13.3. The lowest BCUT2D eigenvalue weighted by molar-refractivity contribution is 0.0948. The van der Waals surface area contributed by atoms with Gasteiger partial charge in [0.05, 0.1) is 23.5 Å². The Kier molecular flexibility index (Phi) is 3.81. The minimum atomic E-state index is -0.255. The Morgan fingerprint density at radius 2 is 2.24 bits per heavy atom. The fourth-order valence-corrected chi connectivity index (χ4v) is 2.79.